The lowest BCUT2D eigenvalue weighted by Crippen LogP contribution is -2.35. The van der Waals surface area contributed by atoms with Crippen LogP contribution >= 0.6 is 0 Å². The molecule has 1 aromatic carbocycles. The van der Waals surface area contributed by atoms with Crippen LogP contribution in [-0.2, 0) is 16.0 Å². The van der Waals surface area contributed by atoms with Crippen LogP contribution < -0.4 is 5.73 Å². The van der Waals surface area contributed by atoms with Crippen molar-refractivity contribution in [2.24, 2.45) is 11.7 Å². The maximum absolute atomic E-state index is 13.4. The van der Waals surface area contributed by atoms with Gasteiger partial charge in [0.15, 0.2) is 0 Å². The van der Waals surface area contributed by atoms with Crippen LogP contribution in [-0.4, -0.2) is 28.2 Å². The lowest BCUT2D eigenvalue weighted by molar-refractivity contribution is -0.143. The number of hydrogen-bond acceptors (Lipinski definition) is 4. The van der Waals surface area contributed by atoms with Gasteiger partial charge in [0.05, 0.1) is 11.5 Å². The largest absolute Gasteiger partial charge is 0.481 e. The van der Waals surface area contributed by atoms with E-state index < -0.39 is 29.7 Å². The maximum atomic E-state index is 13.4. The Labute approximate surface area is 114 Å². The highest BCUT2D eigenvalue weighted by molar-refractivity contribution is 5.76. The van der Waals surface area contributed by atoms with Gasteiger partial charge in [0, 0.05) is 0 Å². The number of carbonyl (C=O) groups is 2. The summed E-state index contributed by atoms with van der Waals surface area (Å²) in [5.74, 6) is -4.26. The van der Waals surface area contributed by atoms with Gasteiger partial charge in [-0.3, -0.25) is 9.59 Å². The fourth-order valence-electron chi connectivity index (χ4n) is 1.74. The molecule has 0 aliphatic carbocycles. The SMILES string of the molecule is N#Cc1ccc(CC(CC(N)C(=O)O)C(=O)O)cc1F. The molecule has 6 nitrogen and oxygen atoms in total. The van der Waals surface area contributed by atoms with E-state index in [1.807, 2.05) is 0 Å². The van der Waals surface area contributed by atoms with Crippen molar-refractivity contribution in [3.05, 3.63) is 35.1 Å². The minimum Gasteiger partial charge on any atom is -0.481 e. The first-order valence-corrected chi connectivity index (χ1v) is 5.75. The summed E-state index contributed by atoms with van der Waals surface area (Å²) in [6, 6.07) is 4.12. The molecular weight excluding hydrogens is 267 g/mol. The van der Waals surface area contributed by atoms with E-state index in [0.29, 0.717) is 5.56 Å². The normalized spacial score (nSPS) is 13.2. The van der Waals surface area contributed by atoms with Gasteiger partial charge in [0.1, 0.15) is 17.9 Å². The van der Waals surface area contributed by atoms with Gasteiger partial charge in [0.2, 0.25) is 0 Å². The second-order valence-electron chi connectivity index (χ2n) is 4.35. The highest BCUT2D eigenvalue weighted by atomic mass is 19.1. The molecule has 0 aromatic heterocycles. The number of hydrogen-bond donors (Lipinski definition) is 3. The van der Waals surface area contributed by atoms with Gasteiger partial charge in [-0.2, -0.15) is 5.26 Å². The van der Waals surface area contributed by atoms with E-state index in [9.17, 15) is 14.0 Å². The second-order valence-corrected chi connectivity index (χ2v) is 4.35. The lowest BCUT2D eigenvalue weighted by Gasteiger charge is -2.15. The van der Waals surface area contributed by atoms with Crippen molar-refractivity contribution in [2.45, 2.75) is 18.9 Å². The minimum atomic E-state index is -1.29. The highest BCUT2D eigenvalue weighted by Gasteiger charge is 2.24. The predicted molar refractivity (Wildman–Crippen MR) is 66.2 cm³/mol. The Kier molecular flexibility index (Phi) is 5.17. The van der Waals surface area contributed by atoms with Crippen LogP contribution in [0, 0.1) is 23.1 Å². The van der Waals surface area contributed by atoms with Crippen LogP contribution in [0.15, 0.2) is 18.2 Å². The highest BCUT2D eigenvalue weighted by Crippen LogP contribution is 2.17. The molecule has 0 heterocycles. The van der Waals surface area contributed by atoms with Crippen LogP contribution in [0.2, 0.25) is 0 Å². The summed E-state index contributed by atoms with van der Waals surface area (Å²) in [5.41, 5.74) is 5.54. The smallest absolute Gasteiger partial charge is 0.320 e. The molecule has 1 aromatic rings. The summed E-state index contributed by atoms with van der Waals surface area (Å²) < 4.78 is 13.4. The van der Waals surface area contributed by atoms with Gasteiger partial charge < -0.3 is 15.9 Å². The lowest BCUT2D eigenvalue weighted by atomic mass is 9.92. The molecule has 0 bridgehead atoms. The molecule has 0 radical (unpaired) electrons. The number of nitrogens with zero attached hydrogens (tertiary/aromatic N) is 1. The van der Waals surface area contributed by atoms with Crippen molar-refractivity contribution in [2.75, 3.05) is 0 Å². The number of aliphatic carboxylic acids is 2. The van der Waals surface area contributed by atoms with Crippen LogP contribution in [0.5, 0.6) is 0 Å². The zero-order valence-corrected chi connectivity index (χ0v) is 10.4. The Bertz CT molecular complexity index is 568. The fraction of sp³-hybridized carbons (Fsp3) is 0.308. The van der Waals surface area contributed by atoms with Crippen LogP contribution in [0.25, 0.3) is 0 Å². The number of nitrogens with two attached hydrogens (primary N) is 1. The van der Waals surface area contributed by atoms with Gasteiger partial charge in [-0.25, -0.2) is 4.39 Å². The fourth-order valence-corrected chi connectivity index (χ4v) is 1.74. The third kappa shape index (κ3) is 4.03. The first-order chi connectivity index (χ1) is 9.35. The molecule has 4 N–H and O–H groups in total. The molecular formula is C13H13FN2O4. The first-order valence-electron chi connectivity index (χ1n) is 5.75. The molecule has 0 aliphatic heterocycles. The molecule has 1 rings (SSSR count). The Morgan fingerprint density at radius 3 is 2.45 bits per heavy atom. The van der Waals surface area contributed by atoms with Crippen LogP contribution in [0.1, 0.15) is 17.5 Å². The van der Waals surface area contributed by atoms with Gasteiger partial charge in [0.25, 0.3) is 0 Å². The molecule has 0 fully saturated rings. The number of nitriles is 1. The van der Waals surface area contributed by atoms with E-state index in [4.69, 9.17) is 21.2 Å². The molecule has 0 amide bonds. The number of halogens is 1. The molecule has 20 heavy (non-hydrogen) atoms. The van der Waals surface area contributed by atoms with Crippen LogP contribution in [0.3, 0.4) is 0 Å². The topological polar surface area (TPSA) is 124 Å². The monoisotopic (exact) mass is 280 g/mol. The van der Waals surface area contributed by atoms with Crippen molar-refractivity contribution in [1.82, 2.24) is 0 Å². The van der Waals surface area contributed by atoms with Gasteiger partial charge in [-0.1, -0.05) is 6.07 Å². The molecule has 0 spiro atoms. The molecule has 0 saturated heterocycles. The number of carboxylic acid groups (broad SMARTS) is 2. The molecule has 106 valence electrons. The number of carboxylic acids is 2. The summed E-state index contributed by atoms with van der Waals surface area (Å²) >= 11 is 0. The van der Waals surface area contributed by atoms with Crippen molar-refractivity contribution < 1.29 is 24.2 Å². The molecule has 2 unspecified atom stereocenters. The van der Waals surface area contributed by atoms with E-state index in [-0.39, 0.29) is 18.4 Å². The quantitative estimate of drug-likeness (QED) is 0.706. The van der Waals surface area contributed by atoms with Gasteiger partial charge in [-0.15, -0.1) is 0 Å². The Morgan fingerprint density at radius 1 is 1.35 bits per heavy atom. The van der Waals surface area contributed by atoms with Crippen molar-refractivity contribution >= 4 is 11.9 Å². The number of benzene rings is 1. The summed E-state index contributed by atoms with van der Waals surface area (Å²) in [5, 5.41) is 26.3. The summed E-state index contributed by atoms with van der Waals surface area (Å²) in [7, 11) is 0. The first kappa shape index (κ1) is 15.6. The van der Waals surface area contributed by atoms with E-state index in [1.54, 1.807) is 6.07 Å². The van der Waals surface area contributed by atoms with Crippen LogP contribution in [0.4, 0.5) is 4.39 Å². The van der Waals surface area contributed by atoms with Crippen molar-refractivity contribution in [3.63, 3.8) is 0 Å². The van der Waals surface area contributed by atoms with E-state index in [1.165, 1.54) is 12.1 Å². The Hall–Kier alpha value is -2.46. The standard InChI is InChI=1S/C13H13FN2O4/c14-10-4-7(1-2-8(10)6-15)3-9(12(17)18)5-11(16)13(19)20/h1-2,4,9,11H,3,5,16H2,(H,17,18)(H,19,20). The van der Waals surface area contributed by atoms with E-state index in [0.717, 1.165) is 6.07 Å². The van der Waals surface area contributed by atoms with Gasteiger partial charge in [-0.05, 0) is 30.5 Å². The predicted octanol–water partition coefficient (Wildman–Crippen LogP) is 0.743. The van der Waals surface area contributed by atoms with Crippen molar-refractivity contribution in [1.29, 1.82) is 5.26 Å². The minimum absolute atomic E-state index is 0.0566. The second kappa shape index (κ2) is 6.63. The van der Waals surface area contributed by atoms with E-state index >= 15 is 0 Å². The van der Waals surface area contributed by atoms with Crippen molar-refractivity contribution in [3.8, 4) is 6.07 Å². The number of rotatable bonds is 6. The van der Waals surface area contributed by atoms with Gasteiger partial charge >= 0.3 is 11.9 Å². The van der Waals surface area contributed by atoms with E-state index in [2.05, 4.69) is 0 Å². The average molecular weight is 280 g/mol. The zero-order valence-electron chi connectivity index (χ0n) is 10.4. The third-order valence-electron chi connectivity index (χ3n) is 2.84. The molecule has 7 heteroatoms. The summed E-state index contributed by atoms with van der Waals surface area (Å²) in [6.45, 7) is 0. The summed E-state index contributed by atoms with van der Waals surface area (Å²) in [4.78, 5) is 21.7. The Morgan fingerprint density at radius 2 is 2.00 bits per heavy atom. The zero-order chi connectivity index (χ0) is 15.3. The summed E-state index contributed by atoms with van der Waals surface area (Å²) in [6.07, 6.45) is -0.314. The molecule has 0 saturated carbocycles. The Balaban J connectivity index is 2.86. The average Bonchev–Trinajstić information content (AvgIpc) is 2.37. The maximum Gasteiger partial charge on any atom is 0.320 e. The molecule has 0 aliphatic rings. The third-order valence-corrected chi connectivity index (χ3v) is 2.84. The molecule has 2 atom stereocenters.